The van der Waals surface area contributed by atoms with Crippen molar-refractivity contribution in [3.63, 3.8) is 0 Å². The van der Waals surface area contributed by atoms with E-state index in [1.807, 2.05) is 6.92 Å². The molecule has 7 nitrogen and oxygen atoms in total. The summed E-state index contributed by atoms with van der Waals surface area (Å²) in [4.78, 5) is 23.9. The molecule has 2 radical (unpaired) electrons. The topological polar surface area (TPSA) is 116 Å². The van der Waals surface area contributed by atoms with Crippen LogP contribution in [0.3, 0.4) is 0 Å². The number of carbonyl (C=O) groups excluding carboxylic acids is 2. The van der Waals surface area contributed by atoms with Crippen molar-refractivity contribution < 1.29 is 37.0 Å². The fourth-order valence-corrected chi connectivity index (χ4v) is 3.99. The maximum Gasteiger partial charge on any atom is 0.416 e. The van der Waals surface area contributed by atoms with E-state index in [0.29, 0.717) is 33.6 Å². The number of amides is 2. The molecular formula is C20H21B2F3N2O5S. The number of alkyl halides is 3. The third-order valence-electron chi connectivity index (χ3n) is 4.44. The summed E-state index contributed by atoms with van der Waals surface area (Å²) in [5, 5.41) is 23.6. The summed E-state index contributed by atoms with van der Waals surface area (Å²) in [6, 6.07) is 6.19. The van der Waals surface area contributed by atoms with E-state index in [1.54, 1.807) is 0 Å². The zero-order valence-corrected chi connectivity index (χ0v) is 18.4. The fraction of sp³-hybridized carbons (Fsp3) is 0.300. The summed E-state index contributed by atoms with van der Waals surface area (Å²) in [5.41, 5.74) is -1.28. The van der Waals surface area contributed by atoms with Crippen molar-refractivity contribution in [2.45, 2.75) is 35.7 Å². The van der Waals surface area contributed by atoms with E-state index in [9.17, 15) is 32.0 Å². The van der Waals surface area contributed by atoms with Crippen LogP contribution in [0.1, 0.15) is 35.7 Å². The van der Waals surface area contributed by atoms with Crippen LogP contribution in [0, 0.1) is 0 Å². The zero-order valence-electron chi connectivity index (χ0n) is 17.6. The Morgan fingerprint density at radius 1 is 0.970 bits per heavy atom. The Hall–Kier alpha value is -2.63. The maximum absolute atomic E-state index is 13.2. The van der Waals surface area contributed by atoms with Crippen molar-refractivity contribution in [2.24, 2.45) is 0 Å². The smallest absolute Gasteiger partial charge is 0.416 e. The quantitative estimate of drug-likeness (QED) is 0.282. The van der Waals surface area contributed by atoms with Gasteiger partial charge in [-0.15, -0.1) is 0 Å². The molecule has 174 valence electrons. The number of hydrogen-bond donors (Lipinski definition) is 4. The molecule has 0 saturated carbocycles. The van der Waals surface area contributed by atoms with Crippen LogP contribution in [0.25, 0.3) is 0 Å². The Labute approximate surface area is 192 Å². The average molecular weight is 480 g/mol. The minimum atomic E-state index is -4.73. The van der Waals surface area contributed by atoms with Crippen LogP contribution in [-0.2, 0) is 21.8 Å². The van der Waals surface area contributed by atoms with Crippen LogP contribution >= 0.6 is 0 Å². The Balaban J connectivity index is 2.29. The van der Waals surface area contributed by atoms with E-state index in [2.05, 4.69) is 10.6 Å². The van der Waals surface area contributed by atoms with Crippen LogP contribution in [0.4, 0.5) is 13.2 Å². The lowest BCUT2D eigenvalue weighted by Crippen LogP contribution is -2.37. The predicted molar refractivity (Wildman–Crippen MR) is 118 cm³/mol. The van der Waals surface area contributed by atoms with Gasteiger partial charge < -0.3 is 20.7 Å². The van der Waals surface area contributed by atoms with Gasteiger partial charge in [0.1, 0.15) is 0 Å². The van der Waals surface area contributed by atoms with Crippen LogP contribution in [0.5, 0.6) is 0 Å². The Kier molecular flexibility index (Phi) is 9.69. The van der Waals surface area contributed by atoms with Gasteiger partial charge in [-0.3, -0.25) is 9.59 Å². The van der Waals surface area contributed by atoms with Crippen LogP contribution < -0.4 is 21.6 Å². The number of carbonyl (C=O) groups is 2. The molecule has 0 spiro atoms. The second-order valence-electron chi connectivity index (χ2n) is 6.99. The first-order chi connectivity index (χ1) is 15.6. The van der Waals surface area contributed by atoms with Gasteiger partial charge >= 0.3 is 21.1 Å². The van der Waals surface area contributed by atoms with Gasteiger partial charge in [-0.2, -0.15) is 13.2 Å². The van der Waals surface area contributed by atoms with Crippen molar-refractivity contribution >= 4 is 48.5 Å². The minimum Gasteiger partial charge on any atom is -0.450 e. The summed E-state index contributed by atoms with van der Waals surface area (Å²) in [6.45, 7) is 2.12. The van der Waals surface area contributed by atoms with Gasteiger partial charge in [0.15, 0.2) is 0 Å². The lowest BCUT2D eigenvalue weighted by atomic mass is 9.87. The molecule has 0 aliphatic rings. The molecule has 1 atom stereocenters. The molecule has 2 rings (SSSR count). The molecule has 33 heavy (non-hydrogen) atoms. The summed E-state index contributed by atoms with van der Waals surface area (Å²) < 4.78 is 52.5. The number of halogens is 3. The molecule has 13 heteroatoms. The Bertz CT molecular complexity index is 1040. The zero-order chi connectivity index (χ0) is 24.6. The molecule has 0 fully saturated rings. The molecule has 0 aromatic heterocycles. The number of rotatable bonds is 10. The number of nitrogens with one attached hydrogen (secondary N) is 2. The van der Waals surface area contributed by atoms with Crippen molar-refractivity contribution in [2.75, 3.05) is 13.1 Å². The lowest BCUT2D eigenvalue weighted by Gasteiger charge is -2.13. The van der Waals surface area contributed by atoms with Gasteiger partial charge in [0.05, 0.1) is 22.9 Å². The molecular weight excluding hydrogens is 459 g/mol. The predicted octanol–water partition coefficient (Wildman–Crippen LogP) is -0.00820. The van der Waals surface area contributed by atoms with Crippen molar-refractivity contribution in [3.05, 3.63) is 47.5 Å². The molecule has 0 heterocycles. The standard InChI is InChI=1S/C20H21B2F3N2O5S/c1-2-3-4-26-18(28)11-27-19(29)12-5-14(21-30)9-16(6-12)33(32)17-8-13(20(23,24)25)7-15(10-17)22-31/h5-10,30-31H,2-4,11H2,1H3,(H,26,28)(H,27,29). The Morgan fingerprint density at radius 2 is 1.58 bits per heavy atom. The second-order valence-corrected chi connectivity index (χ2v) is 8.47. The fourth-order valence-electron chi connectivity index (χ4n) is 2.77. The summed E-state index contributed by atoms with van der Waals surface area (Å²) >= 11 is 0. The van der Waals surface area contributed by atoms with Crippen molar-refractivity contribution in [1.29, 1.82) is 0 Å². The SMILES string of the molecule is CCCCNC(=O)CNC(=O)c1cc([B]O)cc(S(=O)c2cc([B]O)cc(C(F)(F)F)c2)c1. The molecule has 2 aromatic rings. The first kappa shape index (κ1) is 26.6. The van der Waals surface area contributed by atoms with Crippen molar-refractivity contribution in [3.8, 4) is 0 Å². The lowest BCUT2D eigenvalue weighted by molar-refractivity contribution is -0.137. The highest BCUT2D eigenvalue weighted by Gasteiger charge is 2.32. The molecule has 0 aliphatic carbocycles. The highest BCUT2D eigenvalue weighted by molar-refractivity contribution is 7.85. The van der Waals surface area contributed by atoms with Gasteiger partial charge in [-0.05, 0) is 30.7 Å². The van der Waals surface area contributed by atoms with Crippen molar-refractivity contribution in [1.82, 2.24) is 10.6 Å². The summed E-state index contributed by atoms with van der Waals surface area (Å²) in [7, 11) is -1.08. The molecule has 0 aliphatic heterocycles. The molecule has 1 unspecified atom stereocenters. The van der Waals surface area contributed by atoms with Gasteiger partial charge in [0, 0.05) is 21.9 Å². The third kappa shape index (κ3) is 7.72. The summed E-state index contributed by atoms with van der Waals surface area (Å²) in [5.74, 6) is -1.10. The first-order valence-corrected chi connectivity index (χ1v) is 11.0. The van der Waals surface area contributed by atoms with Crippen LogP contribution in [-0.4, -0.2) is 54.1 Å². The van der Waals surface area contributed by atoms with Gasteiger partial charge in [0.2, 0.25) is 5.91 Å². The molecule has 0 bridgehead atoms. The van der Waals surface area contributed by atoms with E-state index >= 15 is 0 Å². The number of hydrogen-bond acceptors (Lipinski definition) is 5. The molecule has 4 N–H and O–H groups in total. The summed E-state index contributed by atoms with van der Waals surface area (Å²) in [6.07, 6.45) is -3.06. The highest BCUT2D eigenvalue weighted by Crippen LogP contribution is 2.30. The average Bonchev–Trinajstić information content (AvgIpc) is 2.80. The first-order valence-electron chi connectivity index (χ1n) is 9.88. The van der Waals surface area contributed by atoms with E-state index in [-0.39, 0.29) is 32.8 Å². The Morgan fingerprint density at radius 3 is 2.15 bits per heavy atom. The molecule has 2 amide bonds. The van der Waals surface area contributed by atoms with E-state index < -0.39 is 34.4 Å². The highest BCUT2D eigenvalue weighted by atomic mass is 32.2. The van der Waals surface area contributed by atoms with E-state index in [1.165, 1.54) is 18.2 Å². The van der Waals surface area contributed by atoms with E-state index in [4.69, 9.17) is 5.02 Å². The van der Waals surface area contributed by atoms with Crippen LogP contribution in [0.15, 0.2) is 46.2 Å². The van der Waals surface area contributed by atoms with Crippen LogP contribution in [0.2, 0.25) is 0 Å². The monoisotopic (exact) mass is 480 g/mol. The largest absolute Gasteiger partial charge is 0.450 e. The second kappa shape index (κ2) is 12.0. The van der Waals surface area contributed by atoms with Gasteiger partial charge in [-0.1, -0.05) is 36.4 Å². The molecule has 2 aromatic carbocycles. The number of benzene rings is 2. The van der Waals surface area contributed by atoms with E-state index in [0.717, 1.165) is 18.9 Å². The normalized spacial score (nSPS) is 12.1. The maximum atomic E-state index is 13.2. The van der Waals surface area contributed by atoms with Gasteiger partial charge in [0.25, 0.3) is 5.91 Å². The minimum absolute atomic E-state index is 0.0524. The number of unbranched alkanes of at least 4 members (excludes halogenated alkanes) is 1. The molecule has 0 saturated heterocycles. The third-order valence-corrected chi connectivity index (χ3v) is 5.76. The van der Waals surface area contributed by atoms with Gasteiger partial charge in [-0.25, -0.2) is 4.21 Å².